The van der Waals surface area contributed by atoms with Crippen molar-refractivity contribution >= 4 is 23.2 Å². The highest BCUT2D eigenvalue weighted by Crippen LogP contribution is 2.42. The number of carbonyl (C=O) groups excluding carboxylic acids is 1. The van der Waals surface area contributed by atoms with Gasteiger partial charge in [0, 0.05) is 43.7 Å². The zero-order valence-corrected chi connectivity index (χ0v) is 28.4. The highest BCUT2D eigenvalue weighted by molar-refractivity contribution is 5.88. The number of ether oxygens (including phenoxy) is 2. The van der Waals surface area contributed by atoms with Crippen LogP contribution in [0.15, 0.2) is 43.4 Å². The molecule has 3 fully saturated rings. The molecular weight excluding hydrogens is 658 g/mol. The Bertz CT molecular complexity index is 1890. The molecule has 5 aliphatic rings. The minimum absolute atomic E-state index is 0.0578. The number of rotatable bonds is 7. The number of fused-ring (bicyclic) bond motifs is 4. The van der Waals surface area contributed by atoms with Gasteiger partial charge in [0.25, 0.3) is 0 Å². The molecule has 2 bridgehead atoms. The molecule has 51 heavy (non-hydrogen) atoms. The molecule has 1 unspecified atom stereocenters. The summed E-state index contributed by atoms with van der Waals surface area (Å²) in [6, 6.07) is 4.19. The number of halogens is 2. The van der Waals surface area contributed by atoms with Gasteiger partial charge in [-0.15, -0.1) is 6.42 Å². The SMILES string of the molecule is C#Cc1c(F)ccc2c1N([C@@H]1CCc3c(nc(OC[C@]4(C)C[C@@H](F)CN4c4ccncn4)nc3N3C[C@H]4CC(O)[C@@H](C3)N4C(=O)C=C)C1)CCO2. The first-order chi connectivity index (χ1) is 24.7. The molecular formula is C37H40F2N8O4. The summed E-state index contributed by atoms with van der Waals surface area (Å²) in [5, 5.41) is 11.0. The Balaban J connectivity index is 1.13. The van der Waals surface area contributed by atoms with Crippen molar-refractivity contribution in [2.24, 2.45) is 0 Å². The van der Waals surface area contributed by atoms with E-state index in [-0.39, 0.29) is 49.1 Å². The van der Waals surface area contributed by atoms with E-state index in [1.165, 1.54) is 18.5 Å². The van der Waals surface area contributed by atoms with Crippen LogP contribution in [-0.4, -0.2) is 111 Å². The average Bonchev–Trinajstić information content (AvgIpc) is 3.56. The Morgan fingerprint density at radius 3 is 2.88 bits per heavy atom. The molecule has 266 valence electrons. The molecule has 1 aliphatic carbocycles. The first-order valence-corrected chi connectivity index (χ1v) is 17.4. The van der Waals surface area contributed by atoms with E-state index in [0.717, 1.165) is 17.7 Å². The first kappa shape index (κ1) is 33.1. The van der Waals surface area contributed by atoms with E-state index in [0.29, 0.717) is 68.6 Å². The largest absolute Gasteiger partial charge is 0.490 e. The Morgan fingerprint density at radius 2 is 2.12 bits per heavy atom. The predicted octanol–water partition coefficient (Wildman–Crippen LogP) is 2.87. The van der Waals surface area contributed by atoms with E-state index in [9.17, 15) is 18.7 Å². The van der Waals surface area contributed by atoms with Crippen molar-refractivity contribution < 1.29 is 28.2 Å². The molecule has 6 atom stereocenters. The van der Waals surface area contributed by atoms with Gasteiger partial charge in [0.2, 0.25) is 5.91 Å². The van der Waals surface area contributed by atoms with Gasteiger partial charge in [-0.05, 0) is 50.5 Å². The Morgan fingerprint density at radius 1 is 1.25 bits per heavy atom. The monoisotopic (exact) mass is 698 g/mol. The average molecular weight is 699 g/mol. The van der Waals surface area contributed by atoms with Crippen molar-refractivity contribution in [3.05, 3.63) is 66.0 Å². The number of benzene rings is 1. The lowest BCUT2D eigenvalue weighted by molar-refractivity contribution is -0.130. The van der Waals surface area contributed by atoms with Gasteiger partial charge < -0.3 is 34.2 Å². The third-order valence-corrected chi connectivity index (χ3v) is 11.1. The van der Waals surface area contributed by atoms with E-state index >= 15 is 0 Å². The fraction of sp³-hybridized carbons (Fsp3) is 0.486. The van der Waals surface area contributed by atoms with Gasteiger partial charge in [-0.25, -0.2) is 18.7 Å². The molecule has 3 saturated heterocycles. The van der Waals surface area contributed by atoms with Crippen LogP contribution in [0.25, 0.3) is 0 Å². The summed E-state index contributed by atoms with van der Waals surface area (Å²) < 4.78 is 42.2. The molecule has 1 aromatic carbocycles. The van der Waals surface area contributed by atoms with E-state index in [2.05, 4.69) is 32.3 Å². The van der Waals surface area contributed by atoms with Crippen LogP contribution in [0.5, 0.6) is 11.8 Å². The second-order valence-corrected chi connectivity index (χ2v) is 14.3. The minimum atomic E-state index is -1.07. The van der Waals surface area contributed by atoms with Gasteiger partial charge in [0.15, 0.2) is 0 Å². The predicted molar refractivity (Wildman–Crippen MR) is 185 cm³/mol. The third kappa shape index (κ3) is 5.77. The van der Waals surface area contributed by atoms with Crippen LogP contribution in [-0.2, 0) is 17.6 Å². The van der Waals surface area contributed by atoms with E-state index in [4.69, 9.17) is 25.9 Å². The number of anilines is 3. The van der Waals surface area contributed by atoms with Crippen LogP contribution in [0.3, 0.4) is 0 Å². The zero-order chi connectivity index (χ0) is 35.4. The highest BCUT2D eigenvalue weighted by atomic mass is 19.1. The van der Waals surface area contributed by atoms with Gasteiger partial charge in [-0.2, -0.15) is 9.97 Å². The summed E-state index contributed by atoms with van der Waals surface area (Å²) in [5.74, 6) is 3.73. The minimum Gasteiger partial charge on any atom is -0.490 e. The number of aromatic nitrogens is 4. The van der Waals surface area contributed by atoms with Crippen molar-refractivity contribution in [3.8, 4) is 24.1 Å². The van der Waals surface area contributed by atoms with E-state index < -0.39 is 29.7 Å². The second-order valence-electron chi connectivity index (χ2n) is 14.3. The lowest BCUT2D eigenvalue weighted by Crippen LogP contribution is -2.57. The molecule has 3 aromatic rings. The molecule has 12 nitrogen and oxygen atoms in total. The fourth-order valence-corrected chi connectivity index (χ4v) is 8.76. The van der Waals surface area contributed by atoms with Gasteiger partial charge >= 0.3 is 6.01 Å². The summed E-state index contributed by atoms with van der Waals surface area (Å²) >= 11 is 0. The van der Waals surface area contributed by atoms with Gasteiger partial charge in [0.05, 0.1) is 53.8 Å². The topological polar surface area (TPSA) is 120 Å². The number of carbonyl (C=O) groups is 1. The van der Waals surface area contributed by atoms with Crippen LogP contribution < -0.4 is 24.2 Å². The normalized spacial score (nSPS) is 28.1. The molecule has 1 N–H and O–H groups in total. The number of terminal acetylenes is 1. The molecule has 6 heterocycles. The molecule has 2 aromatic heterocycles. The maximum Gasteiger partial charge on any atom is 0.318 e. The number of hydrogen-bond acceptors (Lipinski definition) is 11. The van der Waals surface area contributed by atoms with Crippen LogP contribution in [0.1, 0.15) is 43.0 Å². The Kier molecular flexibility index (Phi) is 8.41. The molecule has 4 aliphatic heterocycles. The van der Waals surface area contributed by atoms with Crippen molar-refractivity contribution in [2.75, 3.05) is 54.1 Å². The number of piperazine rings is 1. The maximum absolute atomic E-state index is 15.0. The summed E-state index contributed by atoms with van der Waals surface area (Å²) in [5.41, 5.74) is 1.79. The number of aliphatic hydroxyl groups excluding tert-OH is 1. The Hall–Kier alpha value is -5.03. The second kappa shape index (κ2) is 12.9. The Labute approximate surface area is 295 Å². The molecule has 14 heteroatoms. The van der Waals surface area contributed by atoms with Gasteiger partial charge in [-0.3, -0.25) is 4.79 Å². The standard InChI is InChI=1S/C37H40F2N8O4/c1-4-25-27(39)8-9-31-34(25)45(12-13-50-31)23-6-7-26-28(14-23)42-36(51-20-37(3)16-22(38)17-46(37)32-10-11-40-21-41-32)43-35(26)44-18-24-15-30(48)29(19-44)47(24)33(49)5-2/h1,5,8-11,21-24,29-30,48H,2,6-7,12-20H2,3H3/t22-,23-,24-,29-,30?,37+/m1/s1. The molecule has 8 rings (SSSR count). The van der Waals surface area contributed by atoms with Crippen molar-refractivity contribution in [3.63, 3.8) is 0 Å². The number of aliphatic hydroxyl groups is 1. The number of hydrogen-bond donors (Lipinski definition) is 1. The lowest BCUT2D eigenvalue weighted by atomic mass is 9.89. The summed E-state index contributed by atoms with van der Waals surface area (Å²) in [6.07, 6.45) is 11.0. The van der Waals surface area contributed by atoms with E-state index in [1.807, 2.05) is 11.8 Å². The van der Waals surface area contributed by atoms with Crippen molar-refractivity contribution in [2.45, 2.75) is 75.0 Å². The zero-order valence-electron chi connectivity index (χ0n) is 28.4. The number of amides is 1. The van der Waals surface area contributed by atoms with E-state index in [1.54, 1.807) is 23.2 Å². The molecule has 0 spiro atoms. The summed E-state index contributed by atoms with van der Waals surface area (Å²) in [7, 11) is 0. The molecule has 0 saturated carbocycles. The lowest BCUT2D eigenvalue weighted by Gasteiger charge is -2.43. The quantitative estimate of drug-likeness (QED) is 0.290. The van der Waals surface area contributed by atoms with Crippen LogP contribution >= 0.6 is 0 Å². The highest BCUT2D eigenvalue weighted by Gasteiger charge is 2.49. The maximum atomic E-state index is 15.0. The van der Waals surface area contributed by atoms with Crippen LogP contribution in [0.4, 0.5) is 26.1 Å². The summed E-state index contributed by atoms with van der Waals surface area (Å²) in [4.78, 5) is 39.0. The third-order valence-electron chi connectivity index (χ3n) is 11.1. The smallest absolute Gasteiger partial charge is 0.318 e. The van der Waals surface area contributed by atoms with Gasteiger partial charge in [0.1, 0.15) is 48.9 Å². The molecule has 0 radical (unpaired) electrons. The van der Waals surface area contributed by atoms with Crippen LogP contribution in [0, 0.1) is 18.2 Å². The molecule has 1 amide bonds. The fourth-order valence-electron chi connectivity index (χ4n) is 8.76. The number of alkyl halides is 1. The summed E-state index contributed by atoms with van der Waals surface area (Å²) in [6.45, 7) is 7.72. The number of nitrogens with zero attached hydrogens (tertiary/aromatic N) is 8. The van der Waals surface area contributed by atoms with Gasteiger partial charge in [-0.1, -0.05) is 12.5 Å². The van der Waals surface area contributed by atoms with Crippen molar-refractivity contribution in [1.29, 1.82) is 0 Å². The van der Waals surface area contributed by atoms with Crippen molar-refractivity contribution in [1.82, 2.24) is 24.8 Å². The first-order valence-electron chi connectivity index (χ1n) is 17.4. The van der Waals surface area contributed by atoms with Crippen LogP contribution in [0.2, 0.25) is 0 Å².